The largest absolute Gasteiger partial charge is 0.396 e. The first-order chi connectivity index (χ1) is 5.75. The topological polar surface area (TPSA) is 56.3 Å². The van der Waals surface area contributed by atoms with Gasteiger partial charge in [-0.3, -0.25) is 4.79 Å². The summed E-state index contributed by atoms with van der Waals surface area (Å²) in [5.74, 6) is 0.647. The van der Waals surface area contributed by atoms with Crippen LogP contribution in [0.4, 0.5) is 5.82 Å². The molecule has 0 unspecified atom stereocenters. The van der Waals surface area contributed by atoms with Gasteiger partial charge in [0.25, 0.3) is 0 Å². The number of carbonyl (C=O) groups is 1. The lowest BCUT2D eigenvalue weighted by molar-refractivity contribution is -0.118. The van der Waals surface area contributed by atoms with Crippen molar-refractivity contribution in [1.29, 1.82) is 0 Å². The van der Waals surface area contributed by atoms with E-state index in [1.807, 2.05) is 6.07 Å². The van der Waals surface area contributed by atoms with Gasteiger partial charge in [-0.1, -0.05) is 0 Å². The molecule has 4 nitrogen and oxygen atoms in total. The van der Waals surface area contributed by atoms with Crippen LogP contribution in [0.1, 0.15) is 6.42 Å². The second-order valence-corrected chi connectivity index (χ2v) is 2.48. The van der Waals surface area contributed by atoms with Crippen LogP contribution in [0.15, 0.2) is 18.3 Å². The quantitative estimate of drug-likeness (QED) is 0.684. The van der Waals surface area contributed by atoms with Crippen molar-refractivity contribution in [2.75, 3.05) is 18.6 Å². The highest BCUT2D eigenvalue weighted by molar-refractivity contribution is 5.91. The van der Waals surface area contributed by atoms with Crippen LogP contribution in [-0.2, 0) is 4.79 Å². The molecule has 0 saturated carbocycles. The zero-order valence-corrected chi connectivity index (χ0v) is 6.95. The summed E-state index contributed by atoms with van der Waals surface area (Å²) in [6.45, 7) is -0.107. The number of H-pyrrole nitrogens is 1. The SMILES string of the molecule is CN(C(=O)CCO)c1ccc[nH]1. The summed E-state index contributed by atoms with van der Waals surface area (Å²) >= 11 is 0. The van der Waals surface area contributed by atoms with Gasteiger partial charge in [0.1, 0.15) is 5.82 Å². The van der Waals surface area contributed by atoms with Crippen molar-refractivity contribution in [2.45, 2.75) is 6.42 Å². The van der Waals surface area contributed by atoms with E-state index >= 15 is 0 Å². The molecule has 1 aromatic rings. The Morgan fingerprint density at radius 3 is 3.00 bits per heavy atom. The first-order valence-corrected chi connectivity index (χ1v) is 3.76. The Kier molecular flexibility index (Phi) is 2.88. The van der Waals surface area contributed by atoms with Gasteiger partial charge in [0, 0.05) is 13.2 Å². The average Bonchev–Trinajstić information content (AvgIpc) is 2.55. The smallest absolute Gasteiger partial charge is 0.230 e. The Hall–Kier alpha value is -1.29. The molecule has 0 saturated heterocycles. The van der Waals surface area contributed by atoms with Crippen molar-refractivity contribution in [3.8, 4) is 0 Å². The van der Waals surface area contributed by atoms with Crippen molar-refractivity contribution in [2.24, 2.45) is 0 Å². The number of hydrogen-bond acceptors (Lipinski definition) is 2. The third-order valence-corrected chi connectivity index (χ3v) is 1.64. The van der Waals surface area contributed by atoms with Crippen molar-refractivity contribution in [3.05, 3.63) is 18.3 Å². The normalized spacial score (nSPS) is 9.83. The number of carbonyl (C=O) groups excluding carboxylic acids is 1. The molecule has 1 rings (SSSR count). The maximum atomic E-state index is 11.2. The van der Waals surface area contributed by atoms with E-state index in [0.29, 0.717) is 0 Å². The fraction of sp³-hybridized carbons (Fsp3) is 0.375. The predicted molar refractivity (Wildman–Crippen MR) is 45.9 cm³/mol. The standard InChI is InChI=1S/C8H12N2O2/c1-10(8(12)4-6-11)7-3-2-5-9-7/h2-3,5,9,11H,4,6H2,1H3. The molecule has 1 amide bonds. The van der Waals surface area contributed by atoms with E-state index in [-0.39, 0.29) is 18.9 Å². The van der Waals surface area contributed by atoms with Gasteiger partial charge in [-0.2, -0.15) is 0 Å². The Bertz CT molecular complexity index is 244. The average molecular weight is 168 g/mol. The van der Waals surface area contributed by atoms with Crippen LogP contribution >= 0.6 is 0 Å². The molecule has 1 heterocycles. The lowest BCUT2D eigenvalue weighted by Crippen LogP contribution is -2.26. The molecule has 0 aromatic carbocycles. The fourth-order valence-corrected chi connectivity index (χ4v) is 0.927. The summed E-state index contributed by atoms with van der Waals surface area (Å²) in [5, 5.41) is 8.53. The summed E-state index contributed by atoms with van der Waals surface area (Å²) in [7, 11) is 1.67. The zero-order chi connectivity index (χ0) is 8.97. The van der Waals surface area contributed by atoms with Crippen molar-refractivity contribution in [1.82, 2.24) is 4.98 Å². The Morgan fingerprint density at radius 2 is 2.50 bits per heavy atom. The van der Waals surface area contributed by atoms with E-state index in [9.17, 15) is 4.79 Å². The summed E-state index contributed by atoms with van der Waals surface area (Å²) < 4.78 is 0. The van der Waals surface area contributed by atoms with E-state index in [1.54, 1.807) is 19.3 Å². The maximum Gasteiger partial charge on any atom is 0.230 e. The molecule has 0 aliphatic rings. The Labute approximate surface area is 70.8 Å². The Balaban J connectivity index is 2.59. The number of hydrogen-bond donors (Lipinski definition) is 2. The molecule has 2 N–H and O–H groups in total. The first kappa shape index (κ1) is 8.80. The van der Waals surface area contributed by atoms with Crippen LogP contribution < -0.4 is 4.90 Å². The molecule has 0 atom stereocenters. The van der Waals surface area contributed by atoms with Crippen LogP contribution in [-0.4, -0.2) is 29.7 Å². The summed E-state index contributed by atoms with van der Waals surface area (Å²) in [6.07, 6.45) is 1.91. The number of anilines is 1. The van der Waals surface area contributed by atoms with Crippen molar-refractivity contribution >= 4 is 11.7 Å². The molecule has 4 heteroatoms. The molecule has 0 aliphatic heterocycles. The van der Waals surface area contributed by atoms with Gasteiger partial charge in [-0.05, 0) is 12.1 Å². The zero-order valence-electron chi connectivity index (χ0n) is 6.95. The molecule has 1 aromatic heterocycles. The number of aromatic nitrogens is 1. The van der Waals surface area contributed by atoms with Crippen molar-refractivity contribution in [3.63, 3.8) is 0 Å². The van der Waals surface area contributed by atoms with Crippen LogP contribution in [0.3, 0.4) is 0 Å². The van der Waals surface area contributed by atoms with Gasteiger partial charge in [-0.25, -0.2) is 0 Å². The number of aliphatic hydroxyl groups excluding tert-OH is 1. The van der Waals surface area contributed by atoms with E-state index < -0.39 is 0 Å². The molecular formula is C8H12N2O2. The monoisotopic (exact) mass is 168 g/mol. The number of nitrogens with one attached hydrogen (secondary N) is 1. The van der Waals surface area contributed by atoms with E-state index in [0.717, 1.165) is 5.82 Å². The minimum atomic E-state index is -0.107. The Morgan fingerprint density at radius 1 is 1.75 bits per heavy atom. The number of aromatic amines is 1. The molecule has 66 valence electrons. The summed E-state index contributed by atoms with van der Waals surface area (Å²) in [6, 6.07) is 3.62. The fourth-order valence-electron chi connectivity index (χ4n) is 0.927. The van der Waals surface area contributed by atoms with E-state index in [4.69, 9.17) is 5.11 Å². The minimum absolute atomic E-state index is 0.0973. The lowest BCUT2D eigenvalue weighted by Gasteiger charge is -2.13. The van der Waals surface area contributed by atoms with Crippen molar-refractivity contribution < 1.29 is 9.90 Å². The molecule has 0 fully saturated rings. The maximum absolute atomic E-state index is 11.2. The third kappa shape index (κ3) is 1.85. The minimum Gasteiger partial charge on any atom is -0.396 e. The summed E-state index contributed by atoms with van der Waals surface area (Å²) in [4.78, 5) is 15.6. The summed E-state index contributed by atoms with van der Waals surface area (Å²) in [5.41, 5.74) is 0. The highest BCUT2D eigenvalue weighted by atomic mass is 16.3. The first-order valence-electron chi connectivity index (χ1n) is 3.76. The van der Waals surface area contributed by atoms with Gasteiger partial charge in [0.15, 0.2) is 0 Å². The molecule has 0 bridgehead atoms. The third-order valence-electron chi connectivity index (χ3n) is 1.64. The number of aliphatic hydroxyl groups is 1. The number of amides is 1. The lowest BCUT2D eigenvalue weighted by atomic mass is 10.4. The molecule has 12 heavy (non-hydrogen) atoms. The van der Waals surface area contributed by atoms with Gasteiger partial charge in [0.2, 0.25) is 5.91 Å². The van der Waals surface area contributed by atoms with Crippen LogP contribution in [0.2, 0.25) is 0 Å². The predicted octanol–water partition coefficient (Wildman–Crippen LogP) is 0.360. The van der Waals surface area contributed by atoms with Crippen LogP contribution in [0.5, 0.6) is 0 Å². The highest BCUT2D eigenvalue weighted by Crippen LogP contribution is 2.08. The van der Waals surface area contributed by atoms with Gasteiger partial charge >= 0.3 is 0 Å². The van der Waals surface area contributed by atoms with Gasteiger partial charge in [-0.15, -0.1) is 0 Å². The van der Waals surface area contributed by atoms with Gasteiger partial charge < -0.3 is 15.0 Å². The van der Waals surface area contributed by atoms with Crippen LogP contribution in [0.25, 0.3) is 0 Å². The highest BCUT2D eigenvalue weighted by Gasteiger charge is 2.09. The molecule has 0 spiro atoms. The number of nitrogens with zero attached hydrogens (tertiary/aromatic N) is 1. The molecule has 0 radical (unpaired) electrons. The second kappa shape index (κ2) is 3.92. The van der Waals surface area contributed by atoms with Crippen LogP contribution in [0, 0.1) is 0 Å². The molecular weight excluding hydrogens is 156 g/mol. The van der Waals surface area contributed by atoms with Gasteiger partial charge in [0.05, 0.1) is 13.0 Å². The number of rotatable bonds is 3. The van der Waals surface area contributed by atoms with E-state index in [2.05, 4.69) is 4.98 Å². The molecule has 0 aliphatic carbocycles. The van der Waals surface area contributed by atoms with E-state index in [1.165, 1.54) is 4.90 Å². The second-order valence-electron chi connectivity index (χ2n) is 2.48.